The second kappa shape index (κ2) is 13.2. The highest BCUT2D eigenvalue weighted by molar-refractivity contribution is 6.39. The molecular weight excluding hydrogens is 591 g/mol. The van der Waals surface area contributed by atoms with Crippen molar-refractivity contribution in [2.45, 2.75) is 51.3 Å². The molecule has 0 bridgehead atoms. The van der Waals surface area contributed by atoms with Crippen molar-refractivity contribution in [2.75, 3.05) is 12.4 Å². The molecule has 5 rings (SSSR count). The second-order valence-corrected chi connectivity index (χ2v) is 11.2. The van der Waals surface area contributed by atoms with Gasteiger partial charge in [0.2, 0.25) is 5.88 Å². The number of carbonyl (C=O) groups is 1. The summed E-state index contributed by atoms with van der Waals surface area (Å²) in [4.78, 5) is 34.1. The van der Waals surface area contributed by atoms with E-state index in [2.05, 4.69) is 20.7 Å². The van der Waals surface area contributed by atoms with Gasteiger partial charge < -0.3 is 20.5 Å². The quantitative estimate of drug-likeness (QED) is 0.245. The maximum atomic E-state index is 12.9. The zero-order chi connectivity index (χ0) is 30.7. The van der Waals surface area contributed by atoms with Crippen molar-refractivity contribution in [3.05, 3.63) is 86.0 Å². The number of halogens is 2. The van der Waals surface area contributed by atoms with E-state index in [0.29, 0.717) is 45.5 Å². The average molecular weight is 624 g/mol. The summed E-state index contributed by atoms with van der Waals surface area (Å²) in [6.07, 6.45) is 3.53. The van der Waals surface area contributed by atoms with Crippen molar-refractivity contribution in [1.29, 1.82) is 0 Å². The molecule has 10 nitrogen and oxygen atoms in total. The van der Waals surface area contributed by atoms with Crippen LogP contribution in [0, 0.1) is 6.92 Å². The highest BCUT2D eigenvalue weighted by Gasteiger charge is 2.23. The first-order valence-corrected chi connectivity index (χ1v) is 14.7. The summed E-state index contributed by atoms with van der Waals surface area (Å²) in [6.45, 7) is 2.11. The van der Waals surface area contributed by atoms with Crippen molar-refractivity contribution < 1.29 is 14.6 Å². The van der Waals surface area contributed by atoms with Crippen molar-refractivity contribution in [3.63, 3.8) is 0 Å². The average Bonchev–Trinajstić information content (AvgIpc) is 3.00. The molecular formula is C31H32Cl2N6O4. The minimum atomic E-state index is -0.700. The van der Waals surface area contributed by atoms with Gasteiger partial charge in [-0.25, -0.2) is 14.6 Å². The Morgan fingerprint density at radius 3 is 2.47 bits per heavy atom. The number of aliphatic hydroxyl groups excluding tert-OH is 1. The Kier molecular flexibility index (Phi) is 9.41. The van der Waals surface area contributed by atoms with Gasteiger partial charge in [-0.3, -0.25) is 9.59 Å². The van der Waals surface area contributed by atoms with Crippen LogP contribution in [0.2, 0.25) is 10.0 Å². The normalized spacial score (nSPS) is 16.6. The van der Waals surface area contributed by atoms with Gasteiger partial charge in [-0.05, 0) is 31.9 Å². The number of hydrogen-bond acceptors (Lipinski definition) is 8. The van der Waals surface area contributed by atoms with Crippen LogP contribution in [0.25, 0.3) is 22.4 Å². The Morgan fingerprint density at radius 1 is 1.02 bits per heavy atom. The molecule has 0 unspecified atom stereocenters. The maximum Gasteiger partial charge on any atom is 0.298 e. The standard InChI is InChI=1S/C31H32Cl2N6O4/c1-17-35-28(31(42)39(2)38-17)29(41)36-24-12-7-9-20(27(24)33)19-8-6-10-21(26(19)32)22-15-14-18(30(37-22)43-3)16-34-23-11-4-5-13-25(23)40/h6-10,12,14-15,23,25,34,40H,4-5,11,13,16H2,1-3H3,(H,36,41)/t23-,25+/m1/s1. The molecule has 1 aliphatic rings. The lowest BCUT2D eigenvalue weighted by atomic mass is 9.92. The molecule has 4 aromatic rings. The number of nitrogens with zero attached hydrogens (tertiary/aromatic N) is 4. The Labute approximate surface area is 259 Å². The van der Waals surface area contributed by atoms with E-state index < -0.39 is 11.5 Å². The highest BCUT2D eigenvalue weighted by Crippen LogP contribution is 2.41. The molecule has 0 saturated heterocycles. The topological polar surface area (TPSA) is 131 Å². The van der Waals surface area contributed by atoms with Crippen molar-refractivity contribution >= 4 is 34.8 Å². The number of methoxy groups -OCH3 is 1. The summed E-state index contributed by atoms with van der Waals surface area (Å²) in [5.74, 6) is 0.0488. The lowest BCUT2D eigenvalue weighted by molar-refractivity contribution is 0.0901. The van der Waals surface area contributed by atoms with Crippen LogP contribution in [0.1, 0.15) is 47.6 Å². The first-order valence-electron chi connectivity index (χ1n) is 13.9. The summed E-state index contributed by atoms with van der Waals surface area (Å²) in [6, 6.07) is 14.5. The van der Waals surface area contributed by atoms with Gasteiger partial charge >= 0.3 is 0 Å². The Balaban J connectivity index is 1.41. The van der Waals surface area contributed by atoms with E-state index in [0.717, 1.165) is 35.9 Å². The van der Waals surface area contributed by atoms with Crippen LogP contribution in [0.5, 0.6) is 5.88 Å². The molecule has 43 heavy (non-hydrogen) atoms. The molecule has 224 valence electrons. The molecule has 1 aliphatic carbocycles. The van der Waals surface area contributed by atoms with Crippen LogP contribution in [0.4, 0.5) is 5.69 Å². The van der Waals surface area contributed by atoms with Crippen molar-refractivity contribution in [3.8, 4) is 28.3 Å². The third-order valence-corrected chi connectivity index (χ3v) is 8.32. The van der Waals surface area contributed by atoms with Crippen LogP contribution in [-0.2, 0) is 13.6 Å². The SMILES string of the molecule is COc1nc(-c2cccc(-c3cccc(NC(=O)c4nc(C)nn(C)c4=O)c3Cl)c2Cl)ccc1CN[C@@H]1CCCC[C@@H]1O. The van der Waals surface area contributed by atoms with Crippen LogP contribution in [-0.4, -0.2) is 50.0 Å². The fourth-order valence-electron chi connectivity index (χ4n) is 5.27. The molecule has 1 amide bonds. The molecule has 2 heterocycles. The van der Waals surface area contributed by atoms with Gasteiger partial charge in [0.15, 0.2) is 5.69 Å². The largest absolute Gasteiger partial charge is 0.481 e. The minimum Gasteiger partial charge on any atom is -0.481 e. The lowest BCUT2D eigenvalue weighted by Crippen LogP contribution is -2.41. The van der Waals surface area contributed by atoms with Gasteiger partial charge in [0.05, 0.1) is 34.6 Å². The number of carbonyl (C=O) groups excluding carboxylic acids is 1. The van der Waals surface area contributed by atoms with Crippen LogP contribution < -0.4 is 20.9 Å². The van der Waals surface area contributed by atoms with Gasteiger partial charge in [0.1, 0.15) is 5.82 Å². The second-order valence-electron chi connectivity index (χ2n) is 10.4. The van der Waals surface area contributed by atoms with Crippen LogP contribution in [0.3, 0.4) is 0 Å². The predicted octanol–water partition coefficient (Wildman–Crippen LogP) is 5.17. The van der Waals surface area contributed by atoms with Crippen LogP contribution >= 0.6 is 23.2 Å². The Hall–Kier alpha value is -3.83. The first-order chi connectivity index (χ1) is 20.7. The number of nitrogens with one attached hydrogen (secondary N) is 2. The zero-order valence-electron chi connectivity index (χ0n) is 24.0. The monoisotopic (exact) mass is 622 g/mol. The number of anilines is 1. The molecule has 2 atom stereocenters. The number of aryl methyl sites for hydroxylation is 2. The van der Waals surface area contributed by atoms with E-state index in [1.54, 1.807) is 32.2 Å². The van der Waals surface area contributed by atoms with Crippen molar-refractivity contribution in [2.24, 2.45) is 7.05 Å². The van der Waals surface area contributed by atoms with Gasteiger partial charge in [-0.15, -0.1) is 0 Å². The number of aliphatic hydroxyl groups is 1. The number of pyridine rings is 1. The Morgan fingerprint density at radius 2 is 1.72 bits per heavy atom. The molecule has 2 aromatic carbocycles. The third kappa shape index (κ3) is 6.57. The first kappa shape index (κ1) is 30.6. The van der Waals surface area contributed by atoms with E-state index in [1.807, 2.05) is 30.3 Å². The van der Waals surface area contributed by atoms with E-state index in [9.17, 15) is 14.7 Å². The molecule has 0 aliphatic heterocycles. The van der Waals surface area contributed by atoms with E-state index in [1.165, 1.54) is 7.05 Å². The molecule has 3 N–H and O–H groups in total. The van der Waals surface area contributed by atoms with Gasteiger partial charge in [0, 0.05) is 41.9 Å². The number of amides is 1. The number of hydrogen-bond donors (Lipinski definition) is 3. The summed E-state index contributed by atoms with van der Waals surface area (Å²) in [5, 5.41) is 21.0. The lowest BCUT2D eigenvalue weighted by Gasteiger charge is -2.28. The van der Waals surface area contributed by atoms with Crippen molar-refractivity contribution in [1.82, 2.24) is 25.1 Å². The molecule has 12 heteroatoms. The highest BCUT2D eigenvalue weighted by atomic mass is 35.5. The maximum absolute atomic E-state index is 12.9. The van der Waals surface area contributed by atoms with E-state index >= 15 is 0 Å². The van der Waals surface area contributed by atoms with Gasteiger partial charge in [-0.2, -0.15) is 5.10 Å². The molecule has 0 spiro atoms. The van der Waals surface area contributed by atoms with E-state index in [-0.39, 0.29) is 28.7 Å². The van der Waals surface area contributed by atoms with Crippen LogP contribution in [0.15, 0.2) is 53.3 Å². The van der Waals surface area contributed by atoms with E-state index in [4.69, 9.17) is 32.9 Å². The van der Waals surface area contributed by atoms with Gasteiger partial charge in [0.25, 0.3) is 11.5 Å². The smallest absolute Gasteiger partial charge is 0.298 e. The Bertz CT molecular complexity index is 1730. The predicted molar refractivity (Wildman–Crippen MR) is 167 cm³/mol. The molecule has 1 saturated carbocycles. The summed E-state index contributed by atoms with van der Waals surface area (Å²) in [7, 11) is 3.02. The third-order valence-electron chi connectivity index (χ3n) is 7.51. The number of aromatic nitrogens is 4. The fraction of sp³-hybridized carbons (Fsp3) is 0.323. The summed E-state index contributed by atoms with van der Waals surface area (Å²) in [5.41, 5.74) is 2.75. The fourth-order valence-corrected chi connectivity index (χ4v) is 5.87. The number of ether oxygens (including phenoxy) is 1. The molecule has 2 aromatic heterocycles. The summed E-state index contributed by atoms with van der Waals surface area (Å²) < 4.78 is 6.67. The summed E-state index contributed by atoms with van der Waals surface area (Å²) >= 11 is 13.7. The molecule has 0 radical (unpaired) electrons. The zero-order valence-corrected chi connectivity index (χ0v) is 25.5. The number of benzene rings is 2. The number of rotatable bonds is 8. The van der Waals surface area contributed by atoms with Gasteiger partial charge in [-0.1, -0.05) is 72.4 Å². The minimum absolute atomic E-state index is 0.0463. The molecule has 1 fully saturated rings.